The second-order valence-corrected chi connectivity index (χ2v) is 4.91. The van der Waals surface area contributed by atoms with Gasteiger partial charge in [-0.05, 0) is 25.5 Å². The molecule has 1 heterocycles. The van der Waals surface area contributed by atoms with E-state index >= 15 is 0 Å². The van der Waals surface area contributed by atoms with Crippen molar-refractivity contribution in [3.63, 3.8) is 0 Å². The molecule has 4 nitrogen and oxygen atoms in total. The molecule has 1 fully saturated rings. The molecule has 0 aromatic heterocycles. The monoisotopic (exact) mass is 262 g/mol. The number of nitrogens with one attached hydrogen (secondary N) is 1. The fourth-order valence-electron chi connectivity index (χ4n) is 2.56. The van der Waals surface area contributed by atoms with E-state index in [1.165, 1.54) is 0 Å². The Hall–Kier alpha value is -1.39. The molecular formula is C15H22N2O2. The van der Waals surface area contributed by atoms with Crippen molar-refractivity contribution in [3.8, 4) is 0 Å². The van der Waals surface area contributed by atoms with Crippen LogP contribution in [0.25, 0.3) is 0 Å². The number of hydrogen-bond donors (Lipinski definition) is 1. The highest BCUT2D eigenvalue weighted by Gasteiger charge is 2.28. The van der Waals surface area contributed by atoms with Crippen LogP contribution >= 0.6 is 0 Å². The lowest BCUT2D eigenvalue weighted by atomic mass is 10.0. The Bertz CT molecular complexity index is 400. The van der Waals surface area contributed by atoms with Crippen molar-refractivity contribution >= 4 is 5.91 Å². The molecular weight excluding hydrogens is 240 g/mol. The first kappa shape index (κ1) is 14.0. The Morgan fingerprint density at radius 2 is 1.95 bits per heavy atom. The highest BCUT2D eigenvalue weighted by Crippen LogP contribution is 2.21. The number of carbonyl (C=O) groups excluding carboxylic acids is 1. The van der Waals surface area contributed by atoms with Crippen molar-refractivity contribution in [2.75, 3.05) is 27.2 Å². The van der Waals surface area contributed by atoms with Gasteiger partial charge in [-0.25, -0.2) is 0 Å². The Balaban J connectivity index is 2.02. The van der Waals surface area contributed by atoms with Crippen LogP contribution < -0.4 is 5.32 Å². The molecule has 0 spiro atoms. The highest BCUT2D eigenvalue weighted by atomic mass is 16.5. The van der Waals surface area contributed by atoms with Gasteiger partial charge in [0.15, 0.2) is 6.10 Å². The van der Waals surface area contributed by atoms with E-state index in [9.17, 15) is 4.79 Å². The predicted molar refractivity (Wildman–Crippen MR) is 74.9 cm³/mol. The first-order valence-corrected chi connectivity index (χ1v) is 6.80. The van der Waals surface area contributed by atoms with Gasteiger partial charge in [-0.2, -0.15) is 0 Å². The smallest absolute Gasteiger partial charge is 0.256 e. The fraction of sp³-hybridized carbons (Fsp3) is 0.533. The number of benzene rings is 1. The SMILES string of the molecule is CNC1CCN(C(=O)C(OC)c2ccccc2)CC1. The van der Waals surface area contributed by atoms with Gasteiger partial charge in [0.05, 0.1) is 0 Å². The normalized spacial score (nSPS) is 18.3. The second kappa shape index (κ2) is 6.68. The van der Waals surface area contributed by atoms with Crippen LogP contribution in [0.4, 0.5) is 0 Å². The summed E-state index contributed by atoms with van der Waals surface area (Å²) in [5.74, 6) is 0.0725. The Labute approximate surface area is 114 Å². The maximum atomic E-state index is 12.5. The van der Waals surface area contributed by atoms with Crippen molar-refractivity contribution in [2.24, 2.45) is 0 Å². The van der Waals surface area contributed by atoms with Gasteiger partial charge in [0, 0.05) is 26.2 Å². The highest BCUT2D eigenvalue weighted by molar-refractivity contribution is 5.82. The topological polar surface area (TPSA) is 41.6 Å². The molecule has 0 aliphatic carbocycles. The number of rotatable bonds is 4. The van der Waals surface area contributed by atoms with Gasteiger partial charge in [-0.3, -0.25) is 4.79 Å². The lowest BCUT2D eigenvalue weighted by Gasteiger charge is -2.33. The molecule has 1 unspecified atom stereocenters. The molecule has 0 radical (unpaired) electrons. The summed E-state index contributed by atoms with van der Waals surface area (Å²) < 4.78 is 5.40. The first-order valence-electron chi connectivity index (χ1n) is 6.80. The maximum absolute atomic E-state index is 12.5. The number of amides is 1. The van der Waals surface area contributed by atoms with E-state index < -0.39 is 6.10 Å². The van der Waals surface area contributed by atoms with E-state index in [1.54, 1.807) is 7.11 Å². The number of methoxy groups -OCH3 is 1. The van der Waals surface area contributed by atoms with Crippen LogP contribution in [0.1, 0.15) is 24.5 Å². The molecule has 19 heavy (non-hydrogen) atoms. The van der Waals surface area contributed by atoms with Crippen LogP contribution in [0.2, 0.25) is 0 Å². The third-order valence-corrected chi connectivity index (χ3v) is 3.78. The van der Waals surface area contributed by atoms with E-state index in [1.807, 2.05) is 42.3 Å². The Morgan fingerprint density at radius 1 is 1.32 bits per heavy atom. The molecule has 1 aliphatic rings. The zero-order valence-electron chi connectivity index (χ0n) is 11.6. The van der Waals surface area contributed by atoms with Gasteiger partial charge >= 0.3 is 0 Å². The molecule has 4 heteroatoms. The van der Waals surface area contributed by atoms with E-state index in [0.717, 1.165) is 31.5 Å². The minimum absolute atomic E-state index is 0.0725. The van der Waals surface area contributed by atoms with E-state index in [4.69, 9.17) is 4.74 Å². The van der Waals surface area contributed by atoms with Crippen molar-refractivity contribution < 1.29 is 9.53 Å². The predicted octanol–water partition coefficient (Wildman–Crippen LogP) is 1.58. The van der Waals surface area contributed by atoms with Gasteiger partial charge in [0.2, 0.25) is 0 Å². The largest absolute Gasteiger partial charge is 0.367 e. The summed E-state index contributed by atoms with van der Waals surface area (Å²) >= 11 is 0. The average molecular weight is 262 g/mol. The Kier molecular flexibility index (Phi) is 4.93. The lowest BCUT2D eigenvalue weighted by Crippen LogP contribution is -2.45. The van der Waals surface area contributed by atoms with Gasteiger partial charge in [-0.15, -0.1) is 0 Å². The van der Waals surface area contributed by atoms with Gasteiger partial charge in [0.1, 0.15) is 0 Å². The van der Waals surface area contributed by atoms with Crippen molar-refractivity contribution in [1.29, 1.82) is 0 Å². The third kappa shape index (κ3) is 3.33. The molecule has 0 saturated carbocycles. The number of piperidine rings is 1. The van der Waals surface area contributed by atoms with Crippen molar-refractivity contribution in [3.05, 3.63) is 35.9 Å². The summed E-state index contributed by atoms with van der Waals surface area (Å²) in [6.07, 6.45) is 1.54. The summed E-state index contributed by atoms with van der Waals surface area (Å²) in [5, 5.41) is 3.27. The first-order chi connectivity index (χ1) is 9.26. The van der Waals surface area contributed by atoms with Crippen molar-refractivity contribution in [1.82, 2.24) is 10.2 Å². The molecule has 1 aromatic carbocycles. The molecule has 104 valence electrons. The number of carbonyl (C=O) groups is 1. The van der Waals surface area contributed by atoms with Gasteiger partial charge in [0.25, 0.3) is 5.91 Å². The Morgan fingerprint density at radius 3 is 2.47 bits per heavy atom. The fourth-order valence-corrected chi connectivity index (χ4v) is 2.56. The van der Waals surface area contributed by atoms with Crippen LogP contribution in [-0.2, 0) is 9.53 Å². The van der Waals surface area contributed by atoms with Crippen LogP contribution in [0, 0.1) is 0 Å². The molecule has 0 bridgehead atoms. The van der Waals surface area contributed by atoms with Crippen molar-refractivity contribution in [2.45, 2.75) is 25.0 Å². The number of nitrogens with zero attached hydrogens (tertiary/aromatic N) is 1. The minimum atomic E-state index is -0.479. The van der Waals surface area contributed by atoms with Crippen LogP contribution in [0.15, 0.2) is 30.3 Å². The van der Waals surface area contributed by atoms with Crippen LogP contribution in [0.5, 0.6) is 0 Å². The maximum Gasteiger partial charge on any atom is 0.256 e. The zero-order valence-corrected chi connectivity index (χ0v) is 11.6. The van der Waals surface area contributed by atoms with Crippen LogP contribution in [-0.4, -0.2) is 44.1 Å². The lowest BCUT2D eigenvalue weighted by molar-refractivity contribution is -0.143. The molecule has 1 aliphatic heterocycles. The summed E-state index contributed by atoms with van der Waals surface area (Å²) in [7, 11) is 3.57. The molecule has 1 atom stereocenters. The second-order valence-electron chi connectivity index (χ2n) is 4.91. The van der Waals surface area contributed by atoms with Gasteiger partial charge < -0.3 is 15.0 Å². The number of hydrogen-bond acceptors (Lipinski definition) is 3. The van der Waals surface area contributed by atoms with E-state index in [0.29, 0.717) is 6.04 Å². The molecule has 2 rings (SSSR count). The standard InChI is InChI=1S/C15H22N2O2/c1-16-13-8-10-17(11-9-13)15(18)14(19-2)12-6-4-3-5-7-12/h3-7,13-14,16H,8-11H2,1-2H3. The molecule has 1 amide bonds. The number of ether oxygens (including phenoxy) is 1. The van der Waals surface area contributed by atoms with E-state index in [-0.39, 0.29) is 5.91 Å². The third-order valence-electron chi connectivity index (χ3n) is 3.78. The quantitative estimate of drug-likeness (QED) is 0.896. The summed E-state index contributed by atoms with van der Waals surface area (Å²) in [5.41, 5.74) is 0.922. The van der Waals surface area contributed by atoms with Gasteiger partial charge in [-0.1, -0.05) is 30.3 Å². The zero-order chi connectivity index (χ0) is 13.7. The van der Waals surface area contributed by atoms with Crippen LogP contribution in [0.3, 0.4) is 0 Å². The number of likely N-dealkylation sites (tertiary alicyclic amines) is 1. The molecule has 1 saturated heterocycles. The van der Waals surface area contributed by atoms with E-state index in [2.05, 4.69) is 5.32 Å². The molecule has 1 aromatic rings. The summed E-state index contributed by atoms with van der Waals surface area (Å²) in [6.45, 7) is 1.61. The minimum Gasteiger partial charge on any atom is -0.367 e. The molecule has 1 N–H and O–H groups in total. The average Bonchev–Trinajstić information content (AvgIpc) is 2.49. The summed E-state index contributed by atoms with van der Waals surface area (Å²) in [6, 6.07) is 10.2. The summed E-state index contributed by atoms with van der Waals surface area (Å²) in [4.78, 5) is 14.4.